The first kappa shape index (κ1) is 20.5. The summed E-state index contributed by atoms with van der Waals surface area (Å²) in [6.07, 6.45) is -3.77. The van der Waals surface area contributed by atoms with Crippen molar-refractivity contribution in [3.05, 3.63) is 35.4 Å². The van der Waals surface area contributed by atoms with E-state index in [-0.39, 0.29) is 11.9 Å². The Labute approximate surface area is 142 Å². The molecule has 1 amide bonds. The van der Waals surface area contributed by atoms with Gasteiger partial charge in [0.25, 0.3) is 0 Å². The summed E-state index contributed by atoms with van der Waals surface area (Å²) in [6, 6.07) is 4.93. The van der Waals surface area contributed by atoms with Crippen molar-refractivity contribution < 1.29 is 18.0 Å². The monoisotopic (exact) mass is 344 g/mol. The predicted octanol–water partition coefficient (Wildman–Crippen LogP) is 3.81. The molecule has 3 nitrogen and oxygen atoms in total. The zero-order valence-electron chi connectivity index (χ0n) is 14.9. The summed E-state index contributed by atoms with van der Waals surface area (Å²) in [7, 11) is 1.66. The second kappa shape index (κ2) is 7.55. The Morgan fingerprint density at radius 2 is 1.75 bits per heavy atom. The van der Waals surface area contributed by atoms with Gasteiger partial charge >= 0.3 is 6.18 Å². The highest BCUT2D eigenvalue weighted by molar-refractivity contribution is 5.87. The highest BCUT2D eigenvalue weighted by Gasteiger charge is 2.36. The van der Waals surface area contributed by atoms with Gasteiger partial charge in [-0.15, -0.1) is 0 Å². The van der Waals surface area contributed by atoms with E-state index in [0.29, 0.717) is 24.4 Å². The van der Waals surface area contributed by atoms with Crippen LogP contribution in [0.15, 0.2) is 24.3 Å². The molecular weight excluding hydrogens is 317 g/mol. The Balaban J connectivity index is 2.92. The molecule has 1 aromatic rings. The lowest BCUT2D eigenvalue weighted by atomic mass is 9.82. The molecule has 0 spiro atoms. The number of carbonyl (C=O) groups excluding carboxylic acids is 1. The lowest BCUT2D eigenvalue weighted by molar-refractivity contribution is -0.138. The number of benzene rings is 1. The molecule has 0 heterocycles. The average molecular weight is 344 g/mol. The van der Waals surface area contributed by atoms with Crippen molar-refractivity contribution in [2.75, 3.05) is 13.6 Å². The Morgan fingerprint density at radius 1 is 1.21 bits per heavy atom. The maximum atomic E-state index is 12.9. The van der Waals surface area contributed by atoms with E-state index in [1.165, 1.54) is 6.07 Å². The van der Waals surface area contributed by atoms with Gasteiger partial charge in [-0.25, -0.2) is 0 Å². The molecule has 24 heavy (non-hydrogen) atoms. The second-order valence-electron chi connectivity index (χ2n) is 7.13. The fourth-order valence-corrected chi connectivity index (χ4v) is 2.46. The fraction of sp³-hybridized carbons (Fsp3) is 0.611. The highest BCUT2D eigenvalue weighted by Crippen LogP contribution is 2.33. The number of rotatable bonds is 6. The molecule has 0 aliphatic carbocycles. The van der Waals surface area contributed by atoms with E-state index in [0.717, 1.165) is 12.1 Å². The number of hydrogen-bond acceptors (Lipinski definition) is 2. The number of carbonyl (C=O) groups is 1. The van der Waals surface area contributed by atoms with Crippen LogP contribution in [0.2, 0.25) is 0 Å². The van der Waals surface area contributed by atoms with Gasteiger partial charge in [-0.2, -0.15) is 13.2 Å². The topological polar surface area (TPSA) is 46.3 Å². The van der Waals surface area contributed by atoms with Crippen LogP contribution in [0.5, 0.6) is 0 Å². The van der Waals surface area contributed by atoms with Gasteiger partial charge in [-0.05, 0) is 37.8 Å². The number of halogens is 3. The molecule has 0 saturated carbocycles. The van der Waals surface area contributed by atoms with Gasteiger partial charge in [0.1, 0.15) is 0 Å². The van der Waals surface area contributed by atoms with Crippen LogP contribution in [0.3, 0.4) is 0 Å². The summed E-state index contributed by atoms with van der Waals surface area (Å²) in [4.78, 5) is 14.3. The standard InChI is InChI=1S/C18H27F3N2O/c1-12(2)15(22)9-10-23(5)16(24)17(3,4)13-7-6-8-14(11-13)18(19,20)21/h6-8,11-12,15H,9-10,22H2,1-5H3. The third-order valence-electron chi connectivity index (χ3n) is 4.45. The molecule has 0 saturated heterocycles. The van der Waals surface area contributed by atoms with E-state index in [9.17, 15) is 18.0 Å². The number of hydrogen-bond donors (Lipinski definition) is 1. The fourth-order valence-electron chi connectivity index (χ4n) is 2.46. The van der Waals surface area contributed by atoms with E-state index in [4.69, 9.17) is 5.73 Å². The molecular formula is C18H27F3N2O. The van der Waals surface area contributed by atoms with E-state index in [2.05, 4.69) is 0 Å². The van der Waals surface area contributed by atoms with E-state index < -0.39 is 17.2 Å². The Bertz CT molecular complexity index is 568. The van der Waals surface area contributed by atoms with Crippen LogP contribution in [-0.2, 0) is 16.4 Å². The molecule has 0 aliphatic rings. The van der Waals surface area contributed by atoms with Crippen molar-refractivity contribution in [2.45, 2.75) is 51.7 Å². The van der Waals surface area contributed by atoms with Crippen LogP contribution < -0.4 is 5.73 Å². The Morgan fingerprint density at radius 3 is 2.25 bits per heavy atom. The minimum Gasteiger partial charge on any atom is -0.345 e. The van der Waals surface area contributed by atoms with Crippen LogP contribution >= 0.6 is 0 Å². The number of nitrogens with two attached hydrogens (primary N) is 1. The van der Waals surface area contributed by atoms with E-state index in [1.54, 1.807) is 31.9 Å². The van der Waals surface area contributed by atoms with E-state index in [1.807, 2.05) is 13.8 Å². The minimum absolute atomic E-state index is 0.0167. The first-order valence-electron chi connectivity index (χ1n) is 8.06. The Kier molecular flexibility index (Phi) is 6.45. The van der Waals surface area contributed by atoms with Crippen LogP contribution in [0.25, 0.3) is 0 Å². The van der Waals surface area contributed by atoms with Gasteiger partial charge in [0.05, 0.1) is 11.0 Å². The smallest absolute Gasteiger partial charge is 0.345 e. The van der Waals surface area contributed by atoms with Gasteiger partial charge in [0.2, 0.25) is 5.91 Å². The van der Waals surface area contributed by atoms with Gasteiger partial charge < -0.3 is 10.6 Å². The first-order valence-corrected chi connectivity index (χ1v) is 8.06. The SMILES string of the molecule is CC(C)C(N)CCN(C)C(=O)C(C)(C)c1cccc(C(F)(F)F)c1. The molecule has 0 aromatic heterocycles. The average Bonchev–Trinajstić information content (AvgIpc) is 2.50. The van der Waals surface area contributed by atoms with Crippen molar-refractivity contribution in [1.29, 1.82) is 0 Å². The zero-order chi connectivity index (χ0) is 18.7. The molecule has 6 heteroatoms. The molecule has 136 valence electrons. The number of nitrogens with zero attached hydrogens (tertiary/aromatic N) is 1. The summed E-state index contributed by atoms with van der Waals surface area (Å²) >= 11 is 0. The van der Waals surface area contributed by atoms with E-state index >= 15 is 0 Å². The molecule has 0 fully saturated rings. The highest BCUT2D eigenvalue weighted by atomic mass is 19.4. The van der Waals surface area contributed by atoms with Gasteiger partial charge in [-0.3, -0.25) is 4.79 Å². The van der Waals surface area contributed by atoms with Crippen LogP contribution in [0.4, 0.5) is 13.2 Å². The Hall–Kier alpha value is -1.56. The number of amides is 1. The van der Waals surface area contributed by atoms with Crippen molar-refractivity contribution in [3.8, 4) is 0 Å². The van der Waals surface area contributed by atoms with Crippen molar-refractivity contribution in [1.82, 2.24) is 4.90 Å². The first-order chi connectivity index (χ1) is 10.9. The zero-order valence-corrected chi connectivity index (χ0v) is 14.9. The molecule has 0 aliphatic heterocycles. The molecule has 1 rings (SSSR count). The number of alkyl halides is 3. The quantitative estimate of drug-likeness (QED) is 0.853. The van der Waals surface area contributed by atoms with Crippen LogP contribution in [0.1, 0.15) is 45.2 Å². The normalized spacial score (nSPS) is 13.9. The summed E-state index contributed by atoms with van der Waals surface area (Å²) in [5.41, 5.74) is 4.55. The van der Waals surface area contributed by atoms with Crippen molar-refractivity contribution in [3.63, 3.8) is 0 Å². The van der Waals surface area contributed by atoms with Crippen molar-refractivity contribution >= 4 is 5.91 Å². The molecule has 0 radical (unpaired) electrons. The third kappa shape index (κ3) is 4.97. The molecule has 1 aromatic carbocycles. The molecule has 1 unspecified atom stereocenters. The van der Waals surface area contributed by atoms with Gasteiger partial charge in [0.15, 0.2) is 0 Å². The van der Waals surface area contributed by atoms with Crippen molar-refractivity contribution in [2.24, 2.45) is 11.7 Å². The number of likely N-dealkylation sites (N-methyl/N-ethyl adjacent to an activating group) is 1. The molecule has 0 bridgehead atoms. The molecule has 1 atom stereocenters. The lowest BCUT2D eigenvalue weighted by Gasteiger charge is -2.31. The van der Waals surface area contributed by atoms with Crippen LogP contribution in [0, 0.1) is 5.92 Å². The molecule has 2 N–H and O–H groups in total. The summed E-state index contributed by atoms with van der Waals surface area (Å²) in [5.74, 6) is 0.0859. The predicted molar refractivity (Wildman–Crippen MR) is 89.5 cm³/mol. The summed E-state index contributed by atoms with van der Waals surface area (Å²) in [5, 5.41) is 0. The maximum Gasteiger partial charge on any atom is 0.416 e. The second-order valence-corrected chi connectivity index (χ2v) is 7.13. The minimum atomic E-state index is -4.43. The lowest BCUT2D eigenvalue weighted by Crippen LogP contribution is -2.43. The summed E-state index contributed by atoms with van der Waals surface area (Å²) in [6.45, 7) is 7.78. The summed E-state index contributed by atoms with van der Waals surface area (Å²) < 4.78 is 38.7. The maximum absolute atomic E-state index is 12.9. The van der Waals surface area contributed by atoms with Crippen LogP contribution in [-0.4, -0.2) is 30.4 Å². The van der Waals surface area contributed by atoms with Gasteiger partial charge in [-0.1, -0.05) is 32.0 Å². The van der Waals surface area contributed by atoms with Gasteiger partial charge in [0, 0.05) is 19.6 Å². The third-order valence-corrected chi connectivity index (χ3v) is 4.45. The largest absolute Gasteiger partial charge is 0.416 e.